The Hall–Kier alpha value is -4.22. The van der Waals surface area contributed by atoms with Gasteiger partial charge in [-0.3, -0.25) is 24.9 Å². The van der Waals surface area contributed by atoms with Gasteiger partial charge < -0.3 is 0 Å². The van der Waals surface area contributed by atoms with Crippen molar-refractivity contribution in [1.29, 1.82) is 0 Å². The van der Waals surface area contributed by atoms with Gasteiger partial charge in [0.1, 0.15) is 0 Å². The van der Waals surface area contributed by atoms with E-state index in [1.165, 1.54) is 10.9 Å². The van der Waals surface area contributed by atoms with Crippen molar-refractivity contribution in [3.63, 3.8) is 0 Å². The van der Waals surface area contributed by atoms with E-state index in [2.05, 4.69) is 150 Å². The minimum Gasteiger partial charge on any atom is -0.264 e. The highest BCUT2D eigenvalue weighted by atomic mass is 35.5. The number of hydrogen-bond acceptors (Lipinski definition) is 5. The molecule has 6 rings (SSSR count). The molecular weight excluding hydrogens is 622 g/mol. The molecule has 0 saturated heterocycles. The smallest absolute Gasteiger partial charge is 0.0720 e. The fraction of sp³-hybridized carbons (Fsp3) is 0.372. The number of fused-ring (bicyclic) bond motifs is 2. The van der Waals surface area contributed by atoms with Crippen molar-refractivity contribution in [3.05, 3.63) is 138 Å². The van der Waals surface area contributed by atoms with E-state index in [1.807, 2.05) is 42.6 Å². The number of rotatable bonds is 0. The maximum Gasteiger partial charge on any atom is 0.0720 e. The van der Waals surface area contributed by atoms with E-state index in [4.69, 9.17) is 11.6 Å². The third kappa shape index (κ3) is 12.6. The van der Waals surface area contributed by atoms with Gasteiger partial charge in [-0.25, -0.2) is 0 Å². The van der Waals surface area contributed by atoms with E-state index in [-0.39, 0.29) is 21.7 Å². The lowest BCUT2D eigenvalue weighted by Crippen LogP contribution is -2.13. The zero-order valence-electron chi connectivity index (χ0n) is 31.5. The molecule has 0 radical (unpaired) electrons. The third-order valence-electron chi connectivity index (χ3n) is 7.65. The Kier molecular flexibility index (Phi) is 13.2. The molecule has 4 heterocycles. The summed E-state index contributed by atoms with van der Waals surface area (Å²) in [5.74, 6) is 0. The highest BCUT2D eigenvalue weighted by Crippen LogP contribution is 2.25. The average molecular weight is 676 g/mol. The predicted octanol–water partition coefficient (Wildman–Crippen LogP) is 11.9. The third-order valence-corrected chi connectivity index (χ3v) is 7.88. The lowest BCUT2D eigenvalue weighted by molar-refractivity contribution is 0.565. The predicted molar refractivity (Wildman–Crippen MR) is 210 cm³/mol. The van der Waals surface area contributed by atoms with Gasteiger partial charge in [-0.05, 0) is 47.4 Å². The first-order chi connectivity index (χ1) is 22.7. The minimum absolute atomic E-state index is 0.0799. The molecule has 49 heavy (non-hydrogen) atoms. The number of hydrogen-bond donors (Lipinski definition) is 0. The highest BCUT2D eigenvalue weighted by molar-refractivity contribution is 6.31. The van der Waals surface area contributed by atoms with Crippen molar-refractivity contribution in [2.24, 2.45) is 0 Å². The van der Waals surface area contributed by atoms with E-state index in [9.17, 15) is 0 Å². The van der Waals surface area contributed by atoms with E-state index >= 15 is 0 Å². The lowest BCUT2D eigenvalue weighted by Gasteiger charge is -2.17. The topological polar surface area (TPSA) is 64.5 Å². The summed E-state index contributed by atoms with van der Waals surface area (Å²) in [6.07, 6.45) is 8.94. The van der Waals surface area contributed by atoms with E-state index in [0.29, 0.717) is 0 Å². The van der Waals surface area contributed by atoms with Crippen molar-refractivity contribution in [1.82, 2.24) is 24.9 Å². The fourth-order valence-electron chi connectivity index (χ4n) is 4.48. The van der Waals surface area contributed by atoms with Crippen LogP contribution in [0.3, 0.4) is 0 Å². The molecule has 0 aliphatic heterocycles. The second-order valence-electron chi connectivity index (χ2n) is 16.3. The zero-order valence-corrected chi connectivity index (χ0v) is 32.3. The Morgan fingerprint density at radius 2 is 0.980 bits per heavy atom. The Balaban J connectivity index is 0.000000180. The number of halogens is 1. The molecule has 0 bridgehead atoms. The number of aromatic nitrogens is 5. The summed E-state index contributed by atoms with van der Waals surface area (Å²) >= 11 is 5.95. The first-order valence-corrected chi connectivity index (χ1v) is 17.2. The second kappa shape index (κ2) is 16.5. The molecule has 0 aliphatic rings. The number of nitrogens with zero attached hydrogens (tertiary/aromatic N) is 5. The molecule has 6 heteroatoms. The maximum atomic E-state index is 5.95. The molecule has 4 aromatic heterocycles. The summed E-state index contributed by atoms with van der Waals surface area (Å²) in [6.45, 7) is 25.9. The molecule has 0 aliphatic carbocycles. The summed E-state index contributed by atoms with van der Waals surface area (Å²) < 4.78 is 0. The maximum absolute atomic E-state index is 5.95. The molecule has 6 aromatic rings. The first kappa shape index (κ1) is 39.2. The molecule has 0 N–H and O–H groups in total. The molecule has 0 amide bonds. The zero-order chi connectivity index (χ0) is 36.5. The van der Waals surface area contributed by atoms with Crippen LogP contribution in [0.1, 0.15) is 106 Å². The molecule has 0 atom stereocenters. The van der Waals surface area contributed by atoms with Gasteiger partial charge in [0.25, 0.3) is 0 Å². The van der Waals surface area contributed by atoms with Crippen LogP contribution in [0, 0.1) is 0 Å². The highest BCUT2D eigenvalue weighted by Gasteiger charge is 2.17. The van der Waals surface area contributed by atoms with Crippen LogP contribution >= 0.6 is 11.6 Å². The fourth-order valence-corrected chi connectivity index (χ4v) is 4.65. The van der Waals surface area contributed by atoms with Gasteiger partial charge in [0.05, 0.1) is 16.7 Å². The monoisotopic (exact) mass is 675 g/mol. The van der Waals surface area contributed by atoms with Crippen LogP contribution in [0.5, 0.6) is 0 Å². The number of para-hydroxylation sites is 1. The van der Waals surface area contributed by atoms with Gasteiger partial charge in [0.15, 0.2) is 0 Å². The van der Waals surface area contributed by atoms with Gasteiger partial charge in [0.2, 0.25) is 0 Å². The summed E-state index contributed by atoms with van der Waals surface area (Å²) in [5.41, 5.74) is 7.18. The largest absolute Gasteiger partial charge is 0.264 e. The molecule has 0 spiro atoms. The van der Waals surface area contributed by atoms with Gasteiger partial charge in [0, 0.05) is 74.4 Å². The Morgan fingerprint density at radius 1 is 0.449 bits per heavy atom. The summed E-state index contributed by atoms with van der Waals surface area (Å²) in [6, 6.07) is 26.5. The van der Waals surface area contributed by atoms with Crippen LogP contribution in [0.25, 0.3) is 21.8 Å². The standard InChI is InChI=1S/C13H14ClN.C13H15N.C9H13N.C8H12N2/c1-13(2,3)12-7-5-9-4-6-10(14)8-11(9)15-12;1-13(2,3)12-9-8-10-6-4-5-7-11(10)14-12;1-9(2,3)8-5-4-6-10-7-8;1-8(2,3)7-6-9-4-5-10-7/h4-8H,1-3H3;4-9H,1-3H3;4-7H,1-3H3;4-6H,1-3H3. The Morgan fingerprint density at radius 3 is 1.45 bits per heavy atom. The van der Waals surface area contributed by atoms with Crippen LogP contribution in [0.2, 0.25) is 5.02 Å². The van der Waals surface area contributed by atoms with Crippen LogP contribution in [0.15, 0.2) is 110 Å². The van der Waals surface area contributed by atoms with E-state index in [1.54, 1.807) is 24.8 Å². The second-order valence-corrected chi connectivity index (χ2v) is 16.7. The van der Waals surface area contributed by atoms with Crippen molar-refractivity contribution in [2.45, 2.75) is 105 Å². The van der Waals surface area contributed by atoms with Crippen molar-refractivity contribution < 1.29 is 0 Å². The molecule has 0 saturated carbocycles. The van der Waals surface area contributed by atoms with Gasteiger partial charge in [-0.15, -0.1) is 0 Å². The van der Waals surface area contributed by atoms with Crippen LogP contribution in [-0.2, 0) is 21.7 Å². The normalized spacial score (nSPS) is 11.8. The minimum atomic E-state index is 0.0799. The first-order valence-electron chi connectivity index (χ1n) is 16.9. The lowest BCUT2D eigenvalue weighted by atomic mass is 9.88. The molecular formula is C43H54ClN5. The van der Waals surface area contributed by atoms with E-state index in [0.717, 1.165) is 38.5 Å². The molecule has 0 fully saturated rings. The quantitative estimate of drug-likeness (QED) is 0.160. The SMILES string of the molecule is CC(C)(C)c1ccc2ccc(Cl)cc2n1.CC(C)(C)c1ccc2ccccc2n1.CC(C)(C)c1cccnc1.CC(C)(C)c1cnccn1. The van der Waals surface area contributed by atoms with Crippen LogP contribution in [-0.4, -0.2) is 24.9 Å². The summed E-state index contributed by atoms with van der Waals surface area (Å²) in [5, 5.41) is 3.08. The van der Waals surface area contributed by atoms with Crippen molar-refractivity contribution in [2.75, 3.05) is 0 Å². The average Bonchev–Trinajstić information content (AvgIpc) is 3.04. The van der Waals surface area contributed by atoms with Gasteiger partial charge in [-0.2, -0.15) is 0 Å². The molecule has 2 aromatic carbocycles. The van der Waals surface area contributed by atoms with Gasteiger partial charge >= 0.3 is 0 Å². The van der Waals surface area contributed by atoms with Gasteiger partial charge in [-0.1, -0.05) is 137 Å². The molecule has 258 valence electrons. The van der Waals surface area contributed by atoms with Crippen LogP contribution < -0.4 is 0 Å². The summed E-state index contributed by atoms with van der Waals surface area (Å²) in [7, 11) is 0. The molecule has 5 nitrogen and oxygen atoms in total. The van der Waals surface area contributed by atoms with E-state index < -0.39 is 0 Å². The van der Waals surface area contributed by atoms with Crippen LogP contribution in [0.4, 0.5) is 0 Å². The Bertz CT molecular complexity index is 1840. The van der Waals surface area contributed by atoms with Crippen molar-refractivity contribution in [3.8, 4) is 0 Å². The number of pyridine rings is 3. The summed E-state index contributed by atoms with van der Waals surface area (Å²) in [4.78, 5) is 21.5. The molecule has 0 unspecified atom stereocenters. The van der Waals surface area contributed by atoms with Crippen molar-refractivity contribution >= 4 is 33.4 Å². The Labute approximate surface area is 299 Å². The number of benzene rings is 2.